The number of nitrogens with two attached hydrogens (primary N) is 1. The third kappa shape index (κ3) is 2.26. The molecule has 110 valence electrons. The van der Waals surface area contributed by atoms with Crippen molar-refractivity contribution in [3.8, 4) is 0 Å². The summed E-state index contributed by atoms with van der Waals surface area (Å²) < 4.78 is 0. The highest BCUT2D eigenvalue weighted by Gasteiger charge is 2.39. The summed E-state index contributed by atoms with van der Waals surface area (Å²) in [5.74, 6) is 8.23. The lowest BCUT2D eigenvalue weighted by Gasteiger charge is -2.28. The Kier molecular flexibility index (Phi) is 3.60. The lowest BCUT2D eigenvalue weighted by molar-refractivity contribution is 0.546. The molecule has 3 rings (SSSR count). The van der Waals surface area contributed by atoms with E-state index in [1.54, 1.807) is 0 Å². The zero-order valence-electron chi connectivity index (χ0n) is 12.2. The highest BCUT2D eigenvalue weighted by Crippen LogP contribution is 2.39. The van der Waals surface area contributed by atoms with Crippen LogP contribution in [0.25, 0.3) is 0 Å². The van der Waals surface area contributed by atoms with Crippen molar-refractivity contribution in [2.45, 2.75) is 39.2 Å². The van der Waals surface area contributed by atoms with E-state index in [0.29, 0.717) is 17.9 Å². The summed E-state index contributed by atoms with van der Waals surface area (Å²) in [5.41, 5.74) is 2.56. The molecule has 1 aromatic rings. The van der Waals surface area contributed by atoms with Gasteiger partial charge in [0.15, 0.2) is 0 Å². The van der Waals surface area contributed by atoms with Gasteiger partial charge in [0.2, 0.25) is 17.8 Å². The van der Waals surface area contributed by atoms with E-state index >= 15 is 0 Å². The Morgan fingerprint density at radius 2 is 2.05 bits per heavy atom. The Balaban J connectivity index is 1.92. The summed E-state index contributed by atoms with van der Waals surface area (Å²) in [6.45, 7) is 7.00. The van der Waals surface area contributed by atoms with Crippen molar-refractivity contribution >= 4 is 17.8 Å². The van der Waals surface area contributed by atoms with Crippen LogP contribution in [0, 0.1) is 5.92 Å². The number of rotatable bonds is 5. The van der Waals surface area contributed by atoms with Gasteiger partial charge in [-0.15, -0.1) is 0 Å². The molecule has 7 nitrogen and oxygen atoms in total. The van der Waals surface area contributed by atoms with Crippen LogP contribution in [0.2, 0.25) is 0 Å². The normalized spacial score (nSPS) is 24.2. The van der Waals surface area contributed by atoms with Crippen molar-refractivity contribution in [2.75, 3.05) is 34.9 Å². The largest absolute Gasteiger partial charge is 0.341 e. The monoisotopic (exact) mass is 277 g/mol. The molecule has 1 aliphatic carbocycles. The predicted octanol–water partition coefficient (Wildman–Crippen LogP) is 0.992. The molecule has 0 spiro atoms. The maximum Gasteiger partial charge on any atom is 0.243 e. The molecule has 2 aliphatic rings. The standard InChI is InChI=1S/C13H23N7/c1-3-19(4-2)12-15-11(18-14)16-13(17-12)20-8-9-5-6-10(20)7-9/h9-10H,3-8,14H2,1-2H3,(H,15,16,17,18). The van der Waals surface area contributed by atoms with Crippen LogP contribution in [0.5, 0.6) is 0 Å². The van der Waals surface area contributed by atoms with E-state index in [-0.39, 0.29) is 0 Å². The fraction of sp³-hybridized carbons (Fsp3) is 0.769. The fourth-order valence-electron chi connectivity index (χ4n) is 3.36. The van der Waals surface area contributed by atoms with Crippen LogP contribution in [0.4, 0.5) is 17.8 Å². The third-order valence-corrected chi connectivity index (χ3v) is 4.45. The van der Waals surface area contributed by atoms with E-state index < -0.39 is 0 Å². The first-order valence-electron chi connectivity index (χ1n) is 7.49. The van der Waals surface area contributed by atoms with E-state index in [9.17, 15) is 0 Å². The number of nitrogens with one attached hydrogen (secondary N) is 1. The highest BCUT2D eigenvalue weighted by molar-refractivity contribution is 5.46. The van der Waals surface area contributed by atoms with E-state index in [2.05, 4.69) is 44.0 Å². The number of hydrogen-bond acceptors (Lipinski definition) is 7. The SMILES string of the molecule is CCN(CC)c1nc(NN)nc(N2CC3CCC2C3)n1. The zero-order valence-corrected chi connectivity index (χ0v) is 12.2. The molecule has 7 heteroatoms. The molecule has 0 aromatic carbocycles. The van der Waals surface area contributed by atoms with Crippen LogP contribution in [0.1, 0.15) is 33.1 Å². The maximum atomic E-state index is 5.51. The average Bonchev–Trinajstić information content (AvgIpc) is 3.11. The number of hydrogen-bond donors (Lipinski definition) is 2. The number of nitrogens with zero attached hydrogens (tertiary/aromatic N) is 5. The second kappa shape index (κ2) is 5.40. The van der Waals surface area contributed by atoms with Gasteiger partial charge in [0, 0.05) is 25.7 Å². The predicted molar refractivity (Wildman–Crippen MR) is 79.7 cm³/mol. The van der Waals surface area contributed by atoms with Crippen LogP contribution in [0.3, 0.4) is 0 Å². The van der Waals surface area contributed by atoms with E-state index in [1.165, 1.54) is 19.3 Å². The number of fused-ring (bicyclic) bond motifs is 2. The Bertz CT molecular complexity index is 474. The Labute approximate surface area is 119 Å². The van der Waals surface area contributed by atoms with Crippen LogP contribution in [-0.4, -0.2) is 40.6 Å². The molecular weight excluding hydrogens is 254 g/mol. The number of anilines is 3. The summed E-state index contributed by atoms with van der Waals surface area (Å²) in [6, 6.07) is 0.595. The molecule has 20 heavy (non-hydrogen) atoms. The minimum atomic E-state index is 0.444. The van der Waals surface area contributed by atoms with E-state index in [4.69, 9.17) is 5.84 Å². The smallest absolute Gasteiger partial charge is 0.243 e. The number of piperidine rings is 1. The first kappa shape index (κ1) is 13.4. The number of nitrogen functional groups attached to an aromatic ring is 1. The van der Waals surface area contributed by atoms with E-state index in [1.807, 2.05) is 0 Å². The molecule has 3 N–H and O–H groups in total. The van der Waals surface area contributed by atoms with Gasteiger partial charge < -0.3 is 9.80 Å². The lowest BCUT2D eigenvalue weighted by atomic mass is 10.1. The van der Waals surface area contributed by atoms with Gasteiger partial charge in [0.1, 0.15) is 0 Å². The van der Waals surface area contributed by atoms with Gasteiger partial charge in [0.05, 0.1) is 0 Å². The summed E-state index contributed by atoms with van der Waals surface area (Å²) in [7, 11) is 0. The minimum Gasteiger partial charge on any atom is -0.341 e. The summed E-state index contributed by atoms with van der Waals surface area (Å²) >= 11 is 0. The Hall–Kier alpha value is -1.63. The van der Waals surface area contributed by atoms with Gasteiger partial charge in [-0.3, -0.25) is 5.43 Å². The van der Waals surface area contributed by atoms with Crippen LogP contribution < -0.4 is 21.1 Å². The van der Waals surface area contributed by atoms with Crippen molar-refractivity contribution < 1.29 is 0 Å². The van der Waals surface area contributed by atoms with Gasteiger partial charge in [0.25, 0.3) is 0 Å². The summed E-state index contributed by atoms with van der Waals surface area (Å²) in [5, 5.41) is 0. The zero-order chi connectivity index (χ0) is 14.1. The second-order valence-electron chi connectivity index (χ2n) is 5.56. The molecular formula is C13H23N7. The Morgan fingerprint density at radius 3 is 2.60 bits per heavy atom. The summed E-state index contributed by atoms with van der Waals surface area (Å²) in [6.07, 6.45) is 3.87. The van der Waals surface area contributed by atoms with Gasteiger partial charge in [-0.2, -0.15) is 15.0 Å². The molecule has 2 fully saturated rings. The van der Waals surface area contributed by atoms with Crippen LogP contribution in [0.15, 0.2) is 0 Å². The fourth-order valence-corrected chi connectivity index (χ4v) is 3.36. The van der Waals surface area contributed by atoms with Gasteiger partial charge in [-0.25, -0.2) is 5.84 Å². The number of hydrazine groups is 1. The molecule has 0 amide bonds. The molecule has 0 radical (unpaired) electrons. The van der Waals surface area contributed by atoms with Crippen molar-refractivity contribution in [1.29, 1.82) is 0 Å². The molecule has 1 aliphatic heterocycles. The van der Waals surface area contributed by atoms with Crippen molar-refractivity contribution in [2.24, 2.45) is 11.8 Å². The molecule has 2 heterocycles. The van der Waals surface area contributed by atoms with Crippen molar-refractivity contribution in [1.82, 2.24) is 15.0 Å². The average molecular weight is 277 g/mol. The molecule has 2 atom stereocenters. The van der Waals surface area contributed by atoms with Crippen LogP contribution >= 0.6 is 0 Å². The first-order chi connectivity index (χ1) is 9.75. The first-order valence-corrected chi connectivity index (χ1v) is 7.49. The Morgan fingerprint density at radius 1 is 1.25 bits per heavy atom. The third-order valence-electron chi connectivity index (χ3n) is 4.45. The molecule has 2 unspecified atom stereocenters. The lowest BCUT2D eigenvalue weighted by Crippen LogP contribution is -2.35. The second-order valence-corrected chi connectivity index (χ2v) is 5.56. The molecule has 1 aromatic heterocycles. The van der Waals surface area contributed by atoms with Gasteiger partial charge in [-0.1, -0.05) is 0 Å². The van der Waals surface area contributed by atoms with Crippen LogP contribution in [-0.2, 0) is 0 Å². The topological polar surface area (TPSA) is 83.2 Å². The number of aromatic nitrogens is 3. The maximum absolute atomic E-state index is 5.51. The van der Waals surface area contributed by atoms with Crippen molar-refractivity contribution in [3.63, 3.8) is 0 Å². The van der Waals surface area contributed by atoms with Gasteiger partial charge in [-0.05, 0) is 39.0 Å². The van der Waals surface area contributed by atoms with E-state index in [0.717, 1.165) is 31.5 Å². The van der Waals surface area contributed by atoms with Crippen molar-refractivity contribution in [3.05, 3.63) is 0 Å². The molecule has 1 saturated carbocycles. The summed E-state index contributed by atoms with van der Waals surface area (Å²) in [4.78, 5) is 17.9. The molecule has 2 bridgehead atoms. The van der Waals surface area contributed by atoms with Gasteiger partial charge >= 0.3 is 0 Å². The molecule has 1 saturated heterocycles. The highest BCUT2D eigenvalue weighted by atomic mass is 15.4. The minimum absolute atomic E-state index is 0.444. The quantitative estimate of drug-likeness (QED) is 0.613.